The van der Waals surface area contributed by atoms with E-state index in [-0.39, 0.29) is 18.9 Å². The molecule has 34 heavy (non-hydrogen) atoms. The van der Waals surface area contributed by atoms with Gasteiger partial charge in [0.15, 0.2) is 5.54 Å². The summed E-state index contributed by atoms with van der Waals surface area (Å²) >= 11 is 0. The highest BCUT2D eigenvalue weighted by atomic mass is 19.4. The van der Waals surface area contributed by atoms with Gasteiger partial charge in [-0.15, -0.1) is 0 Å². The number of rotatable bonds is 6. The van der Waals surface area contributed by atoms with Crippen LogP contribution < -0.4 is 10.6 Å². The van der Waals surface area contributed by atoms with Crippen LogP contribution in [0.1, 0.15) is 18.2 Å². The number of halogens is 3. The summed E-state index contributed by atoms with van der Waals surface area (Å²) in [6, 6.07) is 7.57. The van der Waals surface area contributed by atoms with E-state index in [1.807, 2.05) is 4.90 Å². The van der Waals surface area contributed by atoms with Crippen molar-refractivity contribution >= 4 is 23.5 Å². The second kappa shape index (κ2) is 9.11. The van der Waals surface area contributed by atoms with Gasteiger partial charge in [-0.2, -0.15) is 13.2 Å². The second-order valence-corrected chi connectivity index (χ2v) is 8.39. The molecule has 12 heteroatoms. The van der Waals surface area contributed by atoms with Gasteiger partial charge in [-0.1, -0.05) is 12.1 Å². The Morgan fingerprint density at radius 3 is 2.41 bits per heavy atom. The number of carbonyl (C=O) groups excluding carboxylic acids is 3. The molecule has 2 N–H and O–H groups in total. The zero-order valence-corrected chi connectivity index (χ0v) is 18.4. The van der Waals surface area contributed by atoms with Gasteiger partial charge in [0.2, 0.25) is 5.91 Å². The molecule has 0 spiro atoms. The van der Waals surface area contributed by atoms with Gasteiger partial charge >= 0.3 is 12.2 Å². The van der Waals surface area contributed by atoms with Crippen LogP contribution >= 0.6 is 0 Å². The third-order valence-corrected chi connectivity index (χ3v) is 5.97. The number of furan rings is 1. The molecule has 2 aromatic rings. The molecule has 0 bridgehead atoms. The van der Waals surface area contributed by atoms with Crippen molar-refractivity contribution in [3.8, 4) is 0 Å². The lowest BCUT2D eigenvalue weighted by molar-refractivity contribution is -0.137. The summed E-state index contributed by atoms with van der Waals surface area (Å²) in [6.45, 7) is 3.45. The Bertz CT molecular complexity index is 1070. The molecule has 0 aliphatic carbocycles. The molecular weight excluding hydrogens is 455 g/mol. The number of piperazine rings is 1. The van der Waals surface area contributed by atoms with Crippen LogP contribution in [0.4, 0.5) is 23.7 Å². The lowest BCUT2D eigenvalue weighted by Gasteiger charge is -2.35. The fourth-order valence-electron chi connectivity index (χ4n) is 4.08. The van der Waals surface area contributed by atoms with E-state index < -0.39 is 35.1 Å². The Kier molecular flexibility index (Phi) is 6.36. The Morgan fingerprint density at radius 2 is 1.76 bits per heavy atom. The number of alkyl halides is 3. The van der Waals surface area contributed by atoms with E-state index in [0.717, 1.165) is 11.0 Å². The number of para-hydroxylation sites is 1. The number of benzene rings is 1. The van der Waals surface area contributed by atoms with Crippen molar-refractivity contribution in [2.24, 2.45) is 0 Å². The molecule has 3 heterocycles. The van der Waals surface area contributed by atoms with Crippen LogP contribution in [-0.4, -0.2) is 71.9 Å². The highest BCUT2D eigenvalue weighted by Gasteiger charge is 2.51. The van der Waals surface area contributed by atoms with Crippen molar-refractivity contribution in [2.75, 3.05) is 44.7 Å². The fraction of sp³-hybridized carbons (Fsp3) is 0.409. The molecule has 9 nitrogen and oxygen atoms in total. The second-order valence-electron chi connectivity index (χ2n) is 8.39. The summed E-state index contributed by atoms with van der Waals surface area (Å²) in [4.78, 5) is 42.5. The number of nitrogens with zero attached hydrogens (tertiary/aromatic N) is 3. The van der Waals surface area contributed by atoms with Crippen molar-refractivity contribution < 1.29 is 32.0 Å². The topological polar surface area (TPSA) is 98.1 Å². The first-order chi connectivity index (χ1) is 16.1. The first-order valence-corrected chi connectivity index (χ1v) is 10.7. The number of nitrogens with one attached hydrogen (secondary N) is 2. The van der Waals surface area contributed by atoms with E-state index >= 15 is 0 Å². The zero-order chi connectivity index (χ0) is 24.5. The SMILES string of the molecule is C[C@]1(c2ccco2)NC(=O)N(CN2CCN(CC(=O)Nc3ccccc3C(F)(F)F)CC2)C1=O. The minimum atomic E-state index is -4.57. The average molecular weight is 479 g/mol. The summed E-state index contributed by atoms with van der Waals surface area (Å²) in [5, 5.41) is 5.01. The zero-order valence-electron chi connectivity index (χ0n) is 18.4. The number of hydrogen-bond acceptors (Lipinski definition) is 6. The third kappa shape index (κ3) is 4.77. The average Bonchev–Trinajstić information content (AvgIpc) is 3.39. The van der Waals surface area contributed by atoms with E-state index in [1.54, 1.807) is 24.0 Å². The first kappa shape index (κ1) is 23.8. The highest BCUT2D eigenvalue weighted by molar-refractivity contribution is 6.06. The fourth-order valence-corrected chi connectivity index (χ4v) is 4.08. The van der Waals surface area contributed by atoms with E-state index in [0.29, 0.717) is 31.9 Å². The van der Waals surface area contributed by atoms with E-state index in [2.05, 4.69) is 10.6 Å². The van der Waals surface area contributed by atoms with Crippen molar-refractivity contribution in [1.29, 1.82) is 0 Å². The summed E-state index contributed by atoms with van der Waals surface area (Å²) in [7, 11) is 0. The lowest BCUT2D eigenvalue weighted by Crippen LogP contribution is -2.52. The monoisotopic (exact) mass is 479 g/mol. The molecule has 182 valence electrons. The minimum Gasteiger partial charge on any atom is -0.466 e. The van der Waals surface area contributed by atoms with Gasteiger partial charge in [0.1, 0.15) is 5.76 Å². The Hall–Kier alpha value is -3.38. The van der Waals surface area contributed by atoms with Crippen molar-refractivity contribution in [1.82, 2.24) is 20.0 Å². The van der Waals surface area contributed by atoms with E-state index in [1.165, 1.54) is 24.5 Å². The van der Waals surface area contributed by atoms with Crippen LogP contribution in [0.3, 0.4) is 0 Å². The molecule has 1 aromatic heterocycles. The summed E-state index contributed by atoms with van der Waals surface area (Å²) in [5.74, 6) is -0.623. The molecule has 2 saturated heterocycles. The van der Waals surface area contributed by atoms with Crippen molar-refractivity contribution in [2.45, 2.75) is 18.6 Å². The van der Waals surface area contributed by atoms with Gasteiger partial charge in [-0.3, -0.25) is 19.4 Å². The van der Waals surface area contributed by atoms with Gasteiger partial charge in [-0.05, 0) is 31.2 Å². The molecule has 2 aliphatic rings. The van der Waals surface area contributed by atoms with Crippen LogP contribution in [0.25, 0.3) is 0 Å². The first-order valence-electron chi connectivity index (χ1n) is 10.7. The number of imide groups is 1. The van der Waals surface area contributed by atoms with Crippen LogP contribution in [0.15, 0.2) is 47.1 Å². The van der Waals surface area contributed by atoms with Crippen molar-refractivity contribution in [3.05, 3.63) is 54.0 Å². The molecule has 0 unspecified atom stereocenters. The van der Waals surface area contributed by atoms with Crippen molar-refractivity contribution in [3.63, 3.8) is 0 Å². The minimum absolute atomic E-state index is 0.0697. The predicted molar refractivity (Wildman–Crippen MR) is 114 cm³/mol. The standard InChI is InChI=1S/C22H24F3N5O4/c1-21(17-7-4-12-34-17)19(32)30(20(33)27-21)14-29-10-8-28(9-11-29)13-18(31)26-16-6-3-2-5-15(16)22(23,24)25/h2-7,12H,8-11,13-14H2,1H3,(H,26,31)(H,27,33)/t21-/m1/s1. The molecular formula is C22H24F3N5O4. The van der Waals surface area contributed by atoms with Crippen LogP contribution in [-0.2, 0) is 21.3 Å². The number of hydrogen-bond donors (Lipinski definition) is 2. The number of carbonyl (C=O) groups is 3. The van der Waals surface area contributed by atoms with Gasteiger partial charge in [0.05, 0.1) is 30.7 Å². The van der Waals surface area contributed by atoms with Crippen LogP contribution in [0, 0.1) is 0 Å². The maximum atomic E-state index is 13.1. The Balaban J connectivity index is 1.29. The number of anilines is 1. The molecule has 4 amide bonds. The molecule has 2 fully saturated rings. The quantitative estimate of drug-likeness (QED) is 0.617. The van der Waals surface area contributed by atoms with Crippen LogP contribution in [0.5, 0.6) is 0 Å². The Labute approximate surface area is 193 Å². The van der Waals surface area contributed by atoms with Gasteiger partial charge in [0, 0.05) is 26.2 Å². The van der Waals surface area contributed by atoms with E-state index in [9.17, 15) is 27.6 Å². The molecule has 2 aliphatic heterocycles. The lowest BCUT2D eigenvalue weighted by atomic mass is 9.99. The Morgan fingerprint density at radius 1 is 1.09 bits per heavy atom. The normalized spacial score (nSPS) is 22.2. The van der Waals surface area contributed by atoms with Crippen LogP contribution in [0.2, 0.25) is 0 Å². The number of amides is 4. The molecule has 1 atom stereocenters. The molecule has 4 rings (SSSR count). The molecule has 0 saturated carbocycles. The predicted octanol–water partition coefficient (Wildman–Crippen LogP) is 2.28. The smallest absolute Gasteiger partial charge is 0.418 e. The third-order valence-electron chi connectivity index (χ3n) is 5.97. The van der Waals surface area contributed by atoms with Gasteiger partial charge in [0.25, 0.3) is 5.91 Å². The van der Waals surface area contributed by atoms with Gasteiger partial charge < -0.3 is 15.1 Å². The highest BCUT2D eigenvalue weighted by Crippen LogP contribution is 2.34. The molecule has 1 aromatic carbocycles. The van der Waals surface area contributed by atoms with Gasteiger partial charge in [-0.25, -0.2) is 9.69 Å². The largest absolute Gasteiger partial charge is 0.466 e. The summed E-state index contributed by atoms with van der Waals surface area (Å²) < 4.78 is 44.7. The molecule has 0 radical (unpaired) electrons. The summed E-state index contributed by atoms with van der Waals surface area (Å²) in [6.07, 6.45) is -3.14. The summed E-state index contributed by atoms with van der Waals surface area (Å²) in [5.41, 5.74) is -2.45. The number of urea groups is 1. The maximum Gasteiger partial charge on any atom is 0.418 e. The maximum absolute atomic E-state index is 13.1. The van der Waals surface area contributed by atoms with E-state index in [4.69, 9.17) is 4.42 Å².